The summed E-state index contributed by atoms with van der Waals surface area (Å²) < 4.78 is 30.5. The van der Waals surface area contributed by atoms with Gasteiger partial charge in [0.15, 0.2) is 0 Å². The fraction of sp³-hybridized carbons (Fsp3) is 0.326. The van der Waals surface area contributed by atoms with Gasteiger partial charge in [-0.1, -0.05) is 0 Å². The molecule has 5 aromatic carbocycles. The van der Waals surface area contributed by atoms with Crippen molar-refractivity contribution >= 4 is 62.8 Å². The fourth-order valence-corrected chi connectivity index (χ4v) is 20.3. The normalized spacial score (nSPS) is 21.0. The summed E-state index contributed by atoms with van der Waals surface area (Å²) in [6, 6.07) is 53.5. The van der Waals surface area contributed by atoms with Crippen LogP contribution in [0.25, 0.3) is 0 Å². The van der Waals surface area contributed by atoms with Crippen LogP contribution >= 0.6 is 0 Å². The Balaban J connectivity index is 1.64. The van der Waals surface area contributed by atoms with E-state index in [1.807, 2.05) is 6.07 Å². The van der Waals surface area contributed by atoms with Crippen LogP contribution in [0.2, 0.25) is 14.9 Å². The van der Waals surface area contributed by atoms with Crippen LogP contribution in [0.3, 0.4) is 0 Å². The van der Waals surface area contributed by atoms with Crippen molar-refractivity contribution in [3.63, 3.8) is 0 Å². The zero-order valence-electron chi connectivity index (χ0n) is 32.8. The Labute approximate surface area is 330 Å². The summed E-state index contributed by atoms with van der Waals surface area (Å²) in [4.78, 5) is 12.5. The molecule has 0 aromatic heterocycles. The van der Waals surface area contributed by atoms with Crippen LogP contribution in [0.4, 0.5) is 0 Å². The molecule has 0 N–H and O–H groups in total. The Hall–Kier alpha value is -3.60. The number of hydrogen-bond donors (Lipinski definition) is 0. The van der Waals surface area contributed by atoms with Gasteiger partial charge >= 0.3 is 332 Å². The van der Waals surface area contributed by atoms with Gasteiger partial charge in [0.05, 0.1) is 0 Å². The molecule has 8 heteroatoms. The van der Waals surface area contributed by atoms with Gasteiger partial charge in [0, 0.05) is 0 Å². The van der Waals surface area contributed by atoms with Crippen molar-refractivity contribution in [3.8, 4) is 0 Å². The first-order chi connectivity index (χ1) is 25.8. The van der Waals surface area contributed by atoms with Crippen LogP contribution in [0.5, 0.6) is 0 Å². The van der Waals surface area contributed by atoms with E-state index < -0.39 is 41.2 Å². The van der Waals surface area contributed by atoms with E-state index >= 15 is 0 Å². The molecule has 5 nitrogen and oxygen atoms in total. The Bertz CT molecular complexity index is 1850. The molecule has 1 saturated heterocycles. The maximum absolute atomic E-state index is 12.9. The number of esters is 1. The molecular weight excluding hydrogens is 768 g/mol. The predicted octanol–water partition coefficient (Wildman–Crippen LogP) is 7.00. The molecular formula is C46H54O5SeSi2. The molecule has 0 aliphatic carbocycles. The van der Waals surface area contributed by atoms with Gasteiger partial charge in [-0.25, -0.2) is 0 Å². The number of rotatable bonds is 11. The van der Waals surface area contributed by atoms with Crippen LogP contribution in [0, 0.1) is 0 Å². The predicted molar refractivity (Wildman–Crippen MR) is 227 cm³/mol. The molecule has 1 fully saturated rings. The molecule has 5 atom stereocenters. The summed E-state index contributed by atoms with van der Waals surface area (Å²) in [6.07, 6.45) is -2.31. The number of ether oxygens (including phenoxy) is 2. The summed E-state index contributed by atoms with van der Waals surface area (Å²) in [6.45, 7) is 17.4. The number of carbonyl (C=O) groups excluding carboxylic acids is 1. The van der Waals surface area contributed by atoms with Gasteiger partial charge in [-0.2, -0.15) is 0 Å². The van der Waals surface area contributed by atoms with Crippen molar-refractivity contribution < 1.29 is 23.1 Å². The van der Waals surface area contributed by atoms with Crippen LogP contribution in [0.1, 0.15) is 55.4 Å². The third-order valence-corrected chi connectivity index (χ3v) is 23.3. The second-order valence-corrected chi connectivity index (χ2v) is 27.3. The molecule has 0 unspecified atom stereocenters. The molecule has 1 heterocycles. The Kier molecular flexibility index (Phi) is 12.3. The van der Waals surface area contributed by atoms with Gasteiger partial charge in [0.25, 0.3) is 0 Å². The second kappa shape index (κ2) is 16.6. The zero-order chi connectivity index (χ0) is 38.6. The van der Waals surface area contributed by atoms with Crippen molar-refractivity contribution in [3.05, 3.63) is 152 Å². The summed E-state index contributed by atoms with van der Waals surface area (Å²) in [5.74, 6) is -0.378. The summed E-state index contributed by atoms with van der Waals surface area (Å²) >= 11 is -0.232. The molecule has 1 aliphatic rings. The minimum absolute atomic E-state index is 0.232. The van der Waals surface area contributed by atoms with Crippen molar-refractivity contribution in [1.82, 2.24) is 0 Å². The first-order valence-electron chi connectivity index (χ1n) is 18.9. The van der Waals surface area contributed by atoms with Crippen LogP contribution in [0.15, 0.2) is 152 Å². The van der Waals surface area contributed by atoms with E-state index in [2.05, 4.69) is 194 Å². The standard InChI is InChI=1S/C46H54O5SeSi2/c1-34-41(50-53(45(3,4)5,37-26-16-10-17-27-37)38-28-18-11-19-29-38)42(43(44(48-34)49-35(2)47)52-36-24-14-9-15-25-36)51-54(46(6,7)8,39-30-20-12-21-31-39)40-32-22-13-23-33-40/h9-34,41-44H,1-8H3/t34-,41-,42+,43-,44+/m0/s1. The van der Waals surface area contributed by atoms with Crippen molar-refractivity contribution in [2.24, 2.45) is 0 Å². The molecule has 0 radical (unpaired) electrons. The molecule has 1 aliphatic heterocycles. The second-order valence-electron chi connectivity index (χ2n) is 16.2. The molecule has 54 heavy (non-hydrogen) atoms. The Morgan fingerprint density at radius 2 is 0.889 bits per heavy atom. The Morgan fingerprint density at radius 3 is 1.22 bits per heavy atom. The average Bonchev–Trinajstić information content (AvgIpc) is 3.15. The Morgan fingerprint density at radius 1 is 0.556 bits per heavy atom. The quantitative estimate of drug-likeness (QED) is 0.106. The van der Waals surface area contributed by atoms with Gasteiger partial charge in [-0.3, -0.25) is 0 Å². The topological polar surface area (TPSA) is 54.0 Å². The minimum atomic E-state index is -3.17. The number of benzene rings is 5. The third-order valence-electron chi connectivity index (χ3n) is 10.5. The van der Waals surface area contributed by atoms with Crippen LogP contribution in [-0.4, -0.2) is 62.2 Å². The fourth-order valence-electron chi connectivity index (χ4n) is 8.10. The molecule has 6 rings (SSSR count). The van der Waals surface area contributed by atoms with Gasteiger partial charge in [0.1, 0.15) is 0 Å². The van der Waals surface area contributed by atoms with Crippen molar-refractivity contribution in [1.29, 1.82) is 0 Å². The monoisotopic (exact) mass is 822 g/mol. The van der Waals surface area contributed by atoms with Gasteiger partial charge in [-0.05, 0) is 0 Å². The van der Waals surface area contributed by atoms with E-state index in [1.54, 1.807) is 0 Å². The van der Waals surface area contributed by atoms with Gasteiger partial charge in [-0.15, -0.1) is 0 Å². The number of carbonyl (C=O) groups is 1. The summed E-state index contributed by atoms with van der Waals surface area (Å²) in [5.41, 5.74) is 0. The van der Waals surface area contributed by atoms with E-state index in [0.29, 0.717) is 0 Å². The third kappa shape index (κ3) is 8.03. The van der Waals surface area contributed by atoms with Gasteiger partial charge in [0.2, 0.25) is 0 Å². The van der Waals surface area contributed by atoms with E-state index in [4.69, 9.17) is 18.3 Å². The molecule has 282 valence electrons. The molecule has 0 saturated carbocycles. The maximum atomic E-state index is 12.9. The summed E-state index contributed by atoms with van der Waals surface area (Å²) in [5, 5.41) is 4.15. The van der Waals surface area contributed by atoms with Gasteiger partial charge < -0.3 is 0 Å². The van der Waals surface area contributed by atoms with Crippen LogP contribution < -0.4 is 25.2 Å². The summed E-state index contributed by atoms with van der Waals surface area (Å²) in [7, 11) is -6.29. The molecule has 0 bridgehead atoms. The SMILES string of the molecule is CC(=O)O[C@H]1O[C@@H](C)[C@H](O[Si](c2ccccc2)(c2ccccc2)C(C)(C)C)[C@@H](O[Si](c2ccccc2)(c2ccccc2)C(C)(C)C)[C@@H]1[Se]c1ccccc1. The average molecular weight is 822 g/mol. The first kappa shape index (κ1) is 40.1. The van der Waals surface area contributed by atoms with E-state index in [9.17, 15) is 4.79 Å². The zero-order valence-corrected chi connectivity index (χ0v) is 36.5. The molecule has 0 spiro atoms. The van der Waals surface area contributed by atoms with E-state index in [-0.39, 0.29) is 35.8 Å². The molecule has 5 aromatic rings. The molecule has 0 amide bonds. The first-order valence-corrected chi connectivity index (χ1v) is 24.6. The van der Waals surface area contributed by atoms with Crippen molar-refractivity contribution in [2.45, 2.75) is 94.9 Å². The van der Waals surface area contributed by atoms with E-state index in [1.165, 1.54) is 32.1 Å². The van der Waals surface area contributed by atoms with Crippen molar-refractivity contribution in [2.75, 3.05) is 0 Å². The van der Waals surface area contributed by atoms with E-state index in [0.717, 1.165) is 0 Å². The van der Waals surface area contributed by atoms with Crippen LogP contribution in [-0.2, 0) is 23.1 Å². The number of hydrogen-bond acceptors (Lipinski definition) is 5.